The van der Waals surface area contributed by atoms with E-state index in [9.17, 15) is 14.9 Å². The summed E-state index contributed by atoms with van der Waals surface area (Å²) in [5.41, 5.74) is 0.965. The third kappa shape index (κ3) is 3.16. The molecule has 1 N–H and O–H groups in total. The lowest BCUT2D eigenvalue weighted by Crippen LogP contribution is -2.23. The summed E-state index contributed by atoms with van der Waals surface area (Å²) in [6.07, 6.45) is 0. The Morgan fingerprint density at radius 1 is 1.55 bits per heavy atom. The highest BCUT2D eigenvalue weighted by Gasteiger charge is 2.34. The number of hydrogen-bond donors (Lipinski definition) is 1. The van der Waals surface area contributed by atoms with Gasteiger partial charge in [0.1, 0.15) is 0 Å². The minimum atomic E-state index is -0.761. The van der Waals surface area contributed by atoms with E-state index in [4.69, 9.17) is 5.11 Å². The third-order valence-corrected chi connectivity index (χ3v) is 4.38. The topological polar surface area (TPSA) is 83.7 Å². The maximum Gasteiger partial charge on any atom is 0.308 e. The van der Waals surface area contributed by atoms with Gasteiger partial charge in [-0.1, -0.05) is 22.9 Å². The number of halogens is 1. The van der Waals surface area contributed by atoms with Crippen LogP contribution in [0.3, 0.4) is 0 Å². The molecule has 0 amide bonds. The number of nitro benzene ring substituents is 1. The number of benzene rings is 1. The highest BCUT2D eigenvalue weighted by atomic mass is 79.9. The van der Waals surface area contributed by atoms with Crippen molar-refractivity contribution in [2.24, 2.45) is 11.8 Å². The first-order valence-corrected chi connectivity index (χ1v) is 7.05. The van der Waals surface area contributed by atoms with Crippen molar-refractivity contribution in [3.8, 4) is 0 Å². The number of aliphatic carboxylic acids is 1. The Morgan fingerprint density at radius 2 is 2.25 bits per heavy atom. The number of non-ortho nitro benzene ring substituents is 1. The Hall–Kier alpha value is -1.47. The average molecular weight is 343 g/mol. The van der Waals surface area contributed by atoms with E-state index in [-0.39, 0.29) is 17.5 Å². The summed E-state index contributed by atoms with van der Waals surface area (Å²) >= 11 is 3.33. The van der Waals surface area contributed by atoms with Gasteiger partial charge in [-0.2, -0.15) is 0 Å². The molecule has 108 valence electrons. The van der Waals surface area contributed by atoms with Crippen LogP contribution < -0.4 is 0 Å². The van der Waals surface area contributed by atoms with E-state index in [0.29, 0.717) is 17.6 Å². The van der Waals surface area contributed by atoms with Crippen molar-refractivity contribution < 1.29 is 14.8 Å². The molecule has 0 bridgehead atoms. The standard InChI is InChI=1S/C13H15BrN2O4/c1-8-5-15(7-11(8)13(17)18)6-9-2-3-10(16(19)20)4-12(9)14/h2-4,8,11H,5-7H2,1H3,(H,17,18)/t8-,11-/m1/s1. The van der Waals surface area contributed by atoms with Crippen molar-refractivity contribution in [2.75, 3.05) is 13.1 Å². The quantitative estimate of drug-likeness (QED) is 0.671. The molecule has 1 saturated heterocycles. The Morgan fingerprint density at radius 3 is 2.75 bits per heavy atom. The molecule has 0 radical (unpaired) electrons. The lowest BCUT2D eigenvalue weighted by atomic mass is 9.99. The summed E-state index contributed by atoms with van der Waals surface area (Å²) in [6.45, 7) is 3.76. The zero-order valence-corrected chi connectivity index (χ0v) is 12.5. The van der Waals surface area contributed by atoms with Crippen LogP contribution in [0.2, 0.25) is 0 Å². The summed E-state index contributed by atoms with van der Waals surface area (Å²) in [4.78, 5) is 23.4. The average Bonchev–Trinajstić information content (AvgIpc) is 2.73. The molecule has 2 rings (SSSR count). The zero-order chi connectivity index (χ0) is 14.9. The van der Waals surface area contributed by atoms with Crippen molar-refractivity contribution in [3.05, 3.63) is 38.3 Å². The Bertz CT molecular complexity index is 549. The molecule has 0 saturated carbocycles. The maximum absolute atomic E-state index is 11.1. The highest BCUT2D eigenvalue weighted by molar-refractivity contribution is 9.10. The first-order chi connectivity index (χ1) is 9.38. The van der Waals surface area contributed by atoms with Crippen LogP contribution in [-0.2, 0) is 11.3 Å². The minimum absolute atomic E-state index is 0.0406. The lowest BCUT2D eigenvalue weighted by molar-refractivity contribution is -0.384. The van der Waals surface area contributed by atoms with E-state index < -0.39 is 10.9 Å². The number of carboxylic acids is 1. The summed E-state index contributed by atoms with van der Waals surface area (Å²) in [7, 11) is 0. The number of rotatable bonds is 4. The number of carbonyl (C=O) groups is 1. The third-order valence-electron chi connectivity index (χ3n) is 3.65. The second-order valence-corrected chi connectivity index (χ2v) is 6.00. The monoisotopic (exact) mass is 342 g/mol. The predicted octanol–water partition coefficient (Wildman–Crippen LogP) is 2.51. The molecule has 1 aromatic carbocycles. The molecule has 1 heterocycles. The van der Waals surface area contributed by atoms with Crippen LogP contribution in [0.25, 0.3) is 0 Å². The van der Waals surface area contributed by atoms with Crippen LogP contribution in [0.4, 0.5) is 5.69 Å². The molecule has 1 aliphatic heterocycles. The van der Waals surface area contributed by atoms with E-state index in [2.05, 4.69) is 20.8 Å². The first kappa shape index (κ1) is 14.9. The van der Waals surface area contributed by atoms with Crippen LogP contribution >= 0.6 is 15.9 Å². The second-order valence-electron chi connectivity index (χ2n) is 5.15. The fraction of sp³-hybridized carbons (Fsp3) is 0.462. The zero-order valence-electron chi connectivity index (χ0n) is 11.0. The van der Waals surface area contributed by atoms with E-state index in [1.807, 2.05) is 6.92 Å². The smallest absolute Gasteiger partial charge is 0.308 e. The molecule has 0 spiro atoms. The Labute approximate surface area is 124 Å². The molecule has 1 fully saturated rings. The largest absolute Gasteiger partial charge is 0.481 e. The minimum Gasteiger partial charge on any atom is -0.481 e. The van der Waals surface area contributed by atoms with Crippen LogP contribution in [0.1, 0.15) is 12.5 Å². The Kier molecular flexibility index (Phi) is 4.39. The van der Waals surface area contributed by atoms with E-state index >= 15 is 0 Å². The predicted molar refractivity (Wildman–Crippen MR) is 76.4 cm³/mol. The molecule has 0 aromatic heterocycles. The molecule has 0 aliphatic carbocycles. The molecule has 2 atom stereocenters. The van der Waals surface area contributed by atoms with Crippen molar-refractivity contribution in [3.63, 3.8) is 0 Å². The highest BCUT2D eigenvalue weighted by Crippen LogP contribution is 2.28. The summed E-state index contributed by atoms with van der Waals surface area (Å²) < 4.78 is 0.679. The first-order valence-electron chi connectivity index (χ1n) is 6.26. The lowest BCUT2D eigenvalue weighted by Gasteiger charge is -2.16. The van der Waals surface area contributed by atoms with Crippen molar-refractivity contribution in [1.29, 1.82) is 0 Å². The molecule has 6 nitrogen and oxygen atoms in total. The fourth-order valence-electron chi connectivity index (χ4n) is 2.54. The van der Waals surface area contributed by atoms with Gasteiger partial charge in [0.15, 0.2) is 0 Å². The Balaban J connectivity index is 2.08. The van der Waals surface area contributed by atoms with Crippen molar-refractivity contribution in [1.82, 2.24) is 4.90 Å². The van der Waals surface area contributed by atoms with Gasteiger partial charge in [0.05, 0.1) is 10.8 Å². The molecule has 0 unspecified atom stereocenters. The van der Waals surface area contributed by atoms with Gasteiger partial charge in [-0.3, -0.25) is 19.8 Å². The number of likely N-dealkylation sites (tertiary alicyclic amines) is 1. The van der Waals surface area contributed by atoms with E-state index in [0.717, 1.165) is 12.1 Å². The van der Waals surface area contributed by atoms with Gasteiger partial charge in [-0.25, -0.2) is 0 Å². The number of hydrogen-bond acceptors (Lipinski definition) is 4. The summed E-state index contributed by atoms with van der Waals surface area (Å²) in [5, 5.41) is 19.8. The number of nitro groups is 1. The molecule has 7 heteroatoms. The van der Waals surface area contributed by atoms with Gasteiger partial charge in [-0.05, 0) is 17.5 Å². The van der Waals surface area contributed by atoms with E-state index in [1.54, 1.807) is 6.07 Å². The van der Waals surface area contributed by atoms with Crippen LogP contribution in [0.5, 0.6) is 0 Å². The van der Waals surface area contributed by atoms with Gasteiger partial charge in [-0.15, -0.1) is 0 Å². The summed E-state index contributed by atoms with van der Waals surface area (Å²) in [6, 6.07) is 4.65. The molecule has 1 aromatic rings. The second kappa shape index (κ2) is 5.88. The van der Waals surface area contributed by atoms with E-state index in [1.165, 1.54) is 12.1 Å². The van der Waals surface area contributed by atoms with Gasteiger partial charge < -0.3 is 5.11 Å². The number of nitrogens with zero attached hydrogens (tertiary/aromatic N) is 2. The van der Waals surface area contributed by atoms with Gasteiger partial charge in [0.2, 0.25) is 0 Å². The molecule has 1 aliphatic rings. The SMILES string of the molecule is C[C@@H]1CN(Cc2ccc([N+](=O)[O-])cc2Br)C[C@H]1C(=O)O. The van der Waals surface area contributed by atoms with Gasteiger partial charge >= 0.3 is 5.97 Å². The van der Waals surface area contributed by atoms with Crippen LogP contribution in [-0.4, -0.2) is 34.0 Å². The normalized spacial score (nSPS) is 22.9. The van der Waals surface area contributed by atoms with Gasteiger partial charge in [0, 0.05) is 36.2 Å². The van der Waals surface area contributed by atoms with Crippen LogP contribution in [0.15, 0.2) is 22.7 Å². The maximum atomic E-state index is 11.1. The number of carboxylic acid groups (broad SMARTS) is 1. The summed E-state index contributed by atoms with van der Waals surface area (Å²) in [5.74, 6) is -0.987. The van der Waals surface area contributed by atoms with Crippen molar-refractivity contribution in [2.45, 2.75) is 13.5 Å². The molecular weight excluding hydrogens is 328 g/mol. The van der Waals surface area contributed by atoms with Gasteiger partial charge in [0.25, 0.3) is 5.69 Å². The fourth-order valence-corrected chi connectivity index (χ4v) is 3.03. The van der Waals surface area contributed by atoms with Crippen LogP contribution in [0, 0.1) is 22.0 Å². The molecule has 20 heavy (non-hydrogen) atoms. The molecular formula is C13H15BrN2O4. The van der Waals surface area contributed by atoms with Crippen molar-refractivity contribution >= 4 is 27.6 Å².